The molecule has 0 fully saturated rings. The predicted molar refractivity (Wildman–Crippen MR) is 112 cm³/mol. The SMILES string of the molecule is COc1ccc(OCC(=O)N2CCc3c(sc4c3C(=O)N(C)CC(=O)N4C)C2)cc1. The molecular formula is C21H23N3O5S. The Balaban J connectivity index is 1.48. The Bertz CT molecular complexity index is 1000. The van der Waals surface area contributed by atoms with Crippen LogP contribution in [0, 0.1) is 0 Å². The molecule has 0 bridgehead atoms. The molecule has 9 heteroatoms. The van der Waals surface area contributed by atoms with Gasteiger partial charge in [0.1, 0.15) is 23.0 Å². The lowest BCUT2D eigenvalue weighted by Crippen LogP contribution is -2.39. The third-order valence-electron chi connectivity index (χ3n) is 5.42. The van der Waals surface area contributed by atoms with E-state index in [1.165, 1.54) is 16.2 Å². The summed E-state index contributed by atoms with van der Waals surface area (Å²) in [5, 5.41) is 0.670. The molecule has 3 amide bonds. The Labute approximate surface area is 178 Å². The van der Waals surface area contributed by atoms with Crippen LogP contribution in [0.2, 0.25) is 0 Å². The second-order valence-electron chi connectivity index (χ2n) is 7.33. The summed E-state index contributed by atoms with van der Waals surface area (Å²) in [4.78, 5) is 43.5. The molecule has 1 aromatic heterocycles. The molecule has 2 aromatic rings. The maximum absolute atomic E-state index is 12.8. The molecular weight excluding hydrogens is 406 g/mol. The van der Waals surface area contributed by atoms with Crippen LogP contribution in [0.5, 0.6) is 11.5 Å². The average molecular weight is 429 g/mol. The fourth-order valence-electron chi connectivity index (χ4n) is 3.65. The van der Waals surface area contributed by atoms with Crippen LogP contribution in [-0.2, 0) is 22.6 Å². The van der Waals surface area contributed by atoms with Crippen LogP contribution in [0.25, 0.3) is 0 Å². The van der Waals surface area contributed by atoms with Crippen molar-refractivity contribution < 1.29 is 23.9 Å². The average Bonchev–Trinajstić information content (AvgIpc) is 3.11. The van der Waals surface area contributed by atoms with Gasteiger partial charge in [0.05, 0.1) is 19.2 Å². The van der Waals surface area contributed by atoms with E-state index in [4.69, 9.17) is 9.47 Å². The Morgan fingerprint density at radius 1 is 1.10 bits per heavy atom. The standard InChI is InChI=1S/C21H23N3O5S/c1-22-11-17(25)23(2)21-19(20(22)27)15-8-9-24(10-16(15)30-21)18(26)12-29-14-6-4-13(28-3)5-7-14/h4-7H,8-12H2,1-3H3. The first kappa shape index (κ1) is 20.2. The number of benzene rings is 1. The van der Waals surface area contributed by atoms with Gasteiger partial charge in [-0.3, -0.25) is 14.4 Å². The third kappa shape index (κ3) is 3.60. The number of likely N-dealkylation sites (N-methyl/N-ethyl adjacent to an activating group) is 2. The van der Waals surface area contributed by atoms with Crippen molar-refractivity contribution in [3.63, 3.8) is 0 Å². The zero-order chi connectivity index (χ0) is 21.4. The largest absolute Gasteiger partial charge is 0.497 e. The summed E-state index contributed by atoms with van der Waals surface area (Å²) in [6.07, 6.45) is 0.580. The molecule has 0 radical (unpaired) electrons. The van der Waals surface area contributed by atoms with Gasteiger partial charge in [-0.1, -0.05) is 0 Å². The van der Waals surface area contributed by atoms with Gasteiger partial charge in [0, 0.05) is 25.5 Å². The van der Waals surface area contributed by atoms with Gasteiger partial charge in [-0.25, -0.2) is 0 Å². The van der Waals surface area contributed by atoms with E-state index >= 15 is 0 Å². The molecule has 158 valence electrons. The van der Waals surface area contributed by atoms with Crippen LogP contribution in [0.1, 0.15) is 20.8 Å². The number of methoxy groups -OCH3 is 1. The van der Waals surface area contributed by atoms with Gasteiger partial charge in [-0.2, -0.15) is 0 Å². The van der Waals surface area contributed by atoms with Crippen LogP contribution < -0.4 is 14.4 Å². The van der Waals surface area contributed by atoms with E-state index in [0.29, 0.717) is 35.8 Å². The maximum Gasteiger partial charge on any atom is 0.260 e. The molecule has 4 rings (SSSR count). The highest BCUT2D eigenvalue weighted by Crippen LogP contribution is 2.40. The number of hydrogen-bond acceptors (Lipinski definition) is 6. The summed E-state index contributed by atoms with van der Waals surface area (Å²) in [5.74, 6) is 0.941. The van der Waals surface area contributed by atoms with Crippen LogP contribution >= 0.6 is 11.3 Å². The fraction of sp³-hybridized carbons (Fsp3) is 0.381. The zero-order valence-electron chi connectivity index (χ0n) is 17.1. The Kier molecular flexibility index (Phi) is 5.38. The summed E-state index contributed by atoms with van der Waals surface area (Å²) in [5.41, 5.74) is 1.56. The van der Waals surface area contributed by atoms with E-state index < -0.39 is 0 Å². The molecule has 0 atom stereocenters. The van der Waals surface area contributed by atoms with Gasteiger partial charge in [-0.15, -0.1) is 11.3 Å². The molecule has 1 aromatic carbocycles. The van der Waals surface area contributed by atoms with E-state index in [0.717, 1.165) is 16.2 Å². The van der Waals surface area contributed by atoms with E-state index in [-0.39, 0.29) is 30.9 Å². The van der Waals surface area contributed by atoms with Gasteiger partial charge < -0.3 is 24.2 Å². The number of amides is 3. The fourth-order valence-corrected chi connectivity index (χ4v) is 4.98. The molecule has 0 saturated heterocycles. The third-order valence-corrected chi connectivity index (χ3v) is 6.72. The van der Waals surface area contributed by atoms with Crippen molar-refractivity contribution in [1.82, 2.24) is 9.80 Å². The van der Waals surface area contributed by atoms with Gasteiger partial charge >= 0.3 is 0 Å². The number of ether oxygens (including phenoxy) is 2. The van der Waals surface area contributed by atoms with E-state index in [9.17, 15) is 14.4 Å². The van der Waals surface area contributed by atoms with Crippen molar-refractivity contribution in [2.45, 2.75) is 13.0 Å². The van der Waals surface area contributed by atoms with E-state index in [1.807, 2.05) is 0 Å². The Hall–Kier alpha value is -3.07. The van der Waals surface area contributed by atoms with Crippen molar-refractivity contribution in [2.24, 2.45) is 0 Å². The summed E-state index contributed by atoms with van der Waals surface area (Å²) in [6.45, 7) is 0.929. The smallest absolute Gasteiger partial charge is 0.260 e. The first-order valence-electron chi connectivity index (χ1n) is 9.60. The van der Waals surface area contributed by atoms with Gasteiger partial charge in [0.15, 0.2) is 6.61 Å². The molecule has 30 heavy (non-hydrogen) atoms. The monoisotopic (exact) mass is 429 g/mol. The molecule has 2 aliphatic heterocycles. The van der Waals surface area contributed by atoms with Crippen molar-refractivity contribution in [3.8, 4) is 11.5 Å². The van der Waals surface area contributed by atoms with Crippen molar-refractivity contribution in [1.29, 1.82) is 0 Å². The molecule has 2 aliphatic rings. The van der Waals surface area contributed by atoms with Crippen molar-refractivity contribution in [2.75, 3.05) is 45.8 Å². The summed E-state index contributed by atoms with van der Waals surface area (Å²) in [7, 11) is 4.93. The van der Waals surface area contributed by atoms with Crippen LogP contribution in [-0.4, -0.2) is 68.4 Å². The van der Waals surface area contributed by atoms with Gasteiger partial charge in [0.25, 0.3) is 11.8 Å². The van der Waals surface area contributed by atoms with Crippen LogP contribution in [0.3, 0.4) is 0 Å². The highest BCUT2D eigenvalue weighted by atomic mass is 32.1. The second-order valence-corrected chi connectivity index (χ2v) is 8.41. The molecule has 0 saturated carbocycles. The van der Waals surface area contributed by atoms with Crippen molar-refractivity contribution in [3.05, 3.63) is 40.3 Å². The first-order chi connectivity index (χ1) is 14.4. The quantitative estimate of drug-likeness (QED) is 0.740. The number of thiophene rings is 1. The minimum absolute atomic E-state index is 0.0627. The van der Waals surface area contributed by atoms with Crippen LogP contribution in [0.4, 0.5) is 5.00 Å². The Morgan fingerprint density at radius 2 is 1.80 bits per heavy atom. The normalized spacial score (nSPS) is 16.2. The highest BCUT2D eigenvalue weighted by molar-refractivity contribution is 7.17. The minimum Gasteiger partial charge on any atom is -0.497 e. The molecule has 0 N–H and O–H groups in total. The number of carbonyl (C=O) groups is 3. The number of rotatable bonds is 4. The molecule has 3 heterocycles. The lowest BCUT2D eigenvalue weighted by atomic mass is 10.0. The number of nitrogens with zero attached hydrogens (tertiary/aromatic N) is 3. The summed E-state index contributed by atoms with van der Waals surface area (Å²) >= 11 is 1.42. The molecule has 0 spiro atoms. The molecule has 0 unspecified atom stereocenters. The van der Waals surface area contributed by atoms with E-state index in [2.05, 4.69) is 0 Å². The van der Waals surface area contributed by atoms with Gasteiger partial charge in [-0.05, 0) is 36.2 Å². The molecule has 8 nitrogen and oxygen atoms in total. The highest BCUT2D eigenvalue weighted by Gasteiger charge is 2.36. The maximum atomic E-state index is 12.8. The Morgan fingerprint density at radius 3 is 2.50 bits per heavy atom. The minimum atomic E-state index is -0.136. The summed E-state index contributed by atoms with van der Waals surface area (Å²) < 4.78 is 10.7. The second kappa shape index (κ2) is 7.98. The molecule has 0 aliphatic carbocycles. The topological polar surface area (TPSA) is 79.4 Å². The van der Waals surface area contributed by atoms with Crippen molar-refractivity contribution >= 4 is 34.1 Å². The lowest BCUT2D eigenvalue weighted by molar-refractivity contribution is -0.134. The number of anilines is 1. The zero-order valence-corrected chi connectivity index (χ0v) is 18.0. The van der Waals surface area contributed by atoms with Crippen LogP contribution in [0.15, 0.2) is 24.3 Å². The lowest BCUT2D eigenvalue weighted by Gasteiger charge is -2.27. The number of carbonyl (C=O) groups excluding carboxylic acids is 3. The first-order valence-corrected chi connectivity index (χ1v) is 10.4. The van der Waals surface area contributed by atoms with E-state index in [1.54, 1.807) is 55.3 Å². The van der Waals surface area contributed by atoms with Gasteiger partial charge in [0.2, 0.25) is 5.91 Å². The number of fused-ring (bicyclic) bond motifs is 3. The number of hydrogen-bond donors (Lipinski definition) is 0. The predicted octanol–water partition coefficient (Wildman–Crippen LogP) is 1.77. The summed E-state index contributed by atoms with van der Waals surface area (Å²) in [6, 6.07) is 7.06.